The molecule has 0 spiro atoms. The van der Waals surface area contributed by atoms with Gasteiger partial charge in [0.2, 0.25) is 5.88 Å². The summed E-state index contributed by atoms with van der Waals surface area (Å²) in [6.07, 6.45) is 2.44. The summed E-state index contributed by atoms with van der Waals surface area (Å²) in [5.74, 6) is 1.43. The molecule has 0 saturated heterocycles. The molecule has 20 heavy (non-hydrogen) atoms. The number of aromatic nitrogens is 2. The second-order valence-electron chi connectivity index (χ2n) is 4.47. The maximum absolute atomic E-state index is 5.62. The molecular weight excluding hydrogens is 252 g/mol. The van der Waals surface area contributed by atoms with Crippen molar-refractivity contribution >= 4 is 5.82 Å². The number of nitrogens with zero attached hydrogens (tertiary/aromatic N) is 3. The van der Waals surface area contributed by atoms with Crippen LogP contribution in [0.2, 0.25) is 0 Å². The summed E-state index contributed by atoms with van der Waals surface area (Å²) in [5.41, 5.74) is 6.86. The van der Waals surface area contributed by atoms with Crippen molar-refractivity contribution in [2.45, 2.75) is 13.0 Å². The molecule has 2 N–H and O–H groups in total. The predicted molar refractivity (Wildman–Crippen MR) is 79.7 cm³/mol. The summed E-state index contributed by atoms with van der Waals surface area (Å²) in [6.45, 7) is 2.31. The Kier molecular flexibility index (Phi) is 5.32. The minimum atomic E-state index is 0.570. The van der Waals surface area contributed by atoms with Crippen molar-refractivity contribution in [2.75, 3.05) is 25.1 Å². The Labute approximate surface area is 119 Å². The fraction of sp³-hybridized carbons (Fsp3) is 0.333. The molecule has 106 valence electrons. The van der Waals surface area contributed by atoms with E-state index in [1.807, 2.05) is 24.3 Å². The van der Waals surface area contributed by atoms with E-state index in [4.69, 9.17) is 10.5 Å². The SMILES string of the molecule is COc1cc(N(CCCN)Cc2ccccc2)ncn1. The van der Waals surface area contributed by atoms with Crippen LogP contribution in [0.4, 0.5) is 5.82 Å². The lowest BCUT2D eigenvalue weighted by Crippen LogP contribution is -2.26. The van der Waals surface area contributed by atoms with E-state index in [2.05, 4.69) is 27.0 Å². The first-order chi connectivity index (χ1) is 9.83. The number of methoxy groups -OCH3 is 1. The molecule has 0 aliphatic rings. The number of nitrogens with two attached hydrogens (primary N) is 1. The zero-order chi connectivity index (χ0) is 14.2. The minimum absolute atomic E-state index is 0.570. The number of rotatable bonds is 7. The molecule has 0 radical (unpaired) electrons. The third kappa shape index (κ3) is 3.93. The average molecular weight is 272 g/mol. The van der Waals surface area contributed by atoms with Gasteiger partial charge >= 0.3 is 0 Å². The zero-order valence-electron chi connectivity index (χ0n) is 11.7. The van der Waals surface area contributed by atoms with Gasteiger partial charge in [-0.15, -0.1) is 0 Å². The van der Waals surface area contributed by atoms with Crippen molar-refractivity contribution in [2.24, 2.45) is 5.73 Å². The van der Waals surface area contributed by atoms with Crippen molar-refractivity contribution in [1.29, 1.82) is 0 Å². The molecule has 1 heterocycles. The molecule has 1 aromatic carbocycles. The Balaban J connectivity index is 2.17. The summed E-state index contributed by atoms with van der Waals surface area (Å²) in [7, 11) is 1.60. The maximum Gasteiger partial charge on any atom is 0.218 e. The molecule has 0 unspecified atom stereocenters. The predicted octanol–water partition coefficient (Wildman–Crippen LogP) is 1.84. The second kappa shape index (κ2) is 7.45. The molecule has 2 rings (SSSR count). The van der Waals surface area contributed by atoms with Gasteiger partial charge < -0.3 is 15.4 Å². The van der Waals surface area contributed by atoms with Crippen molar-refractivity contribution in [3.63, 3.8) is 0 Å². The highest BCUT2D eigenvalue weighted by Crippen LogP contribution is 2.18. The smallest absolute Gasteiger partial charge is 0.218 e. The zero-order valence-corrected chi connectivity index (χ0v) is 11.7. The van der Waals surface area contributed by atoms with Crippen LogP contribution in [0, 0.1) is 0 Å². The van der Waals surface area contributed by atoms with E-state index in [1.165, 1.54) is 11.9 Å². The highest BCUT2D eigenvalue weighted by Gasteiger charge is 2.09. The van der Waals surface area contributed by atoms with Gasteiger partial charge in [-0.3, -0.25) is 0 Å². The molecular formula is C15H20N4O. The van der Waals surface area contributed by atoms with E-state index in [-0.39, 0.29) is 0 Å². The van der Waals surface area contributed by atoms with Crippen molar-refractivity contribution < 1.29 is 4.74 Å². The minimum Gasteiger partial charge on any atom is -0.481 e. The van der Waals surface area contributed by atoms with Gasteiger partial charge in [0, 0.05) is 19.2 Å². The molecule has 0 saturated carbocycles. The molecule has 0 aliphatic carbocycles. The van der Waals surface area contributed by atoms with Crippen LogP contribution in [-0.2, 0) is 6.54 Å². The van der Waals surface area contributed by atoms with Gasteiger partial charge in [0.15, 0.2) is 0 Å². The first kappa shape index (κ1) is 14.3. The first-order valence-electron chi connectivity index (χ1n) is 6.68. The third-order valence-electron chi connectivity index (χ3n) is 3.01. The van der Waals surface area contributed by atoms with Gasteiger partial charge in [-0.1, -0.05) is 30.3 Å². The average Bonchev–Trinajstić information content (AvgIpc) is 2.52. The Morgan fingerprint density at radius 2 is 2.00 bits per heavy atom. The van der Waals surface area contributed by atoms with E-state index in [1.54, 1.807) is 7.11 Å². The van der Waals surface area contributed by atoms with Gasteiger partial charge in [-0.25, -0.2) is 9.97 Å². The van der Waals surface area contributed by atoms with Crippen LogP contribution < -0.4 is 15.4 Å². The molecule has 5 heteroatoms. The summed E-state index contributed by atoms with van der Waals surface area (Å²) in [4.78, 5) is 10.6. The van der Waals surface area contributed by atoms with Gasteiger partial charge in [-0.2, -0.15) is 0 Å². The highest BCUT2D eigenvalue weighted by molar-refractivity contribution is 5.41. The van der Waals surface area contributed by atoms with E-state index in [0.29, 0.717) is 12.4 Å². The van der Waals surface area contributed by atoms with Crippen LogP contribution in [0.15, 0.2) is 42.7 Å². The normalized spacial score (nSPS) is 10.3. The Morgan fingerprint density at radius 3 is 2.70 bits per heavy atom. The van der Waals surface area contributed by atoms with E-state index >= 15 is 0 Å². The van der Waals surface area contributed by atoms with E-state index < -0.39 is 0 Å². The maximum atomic E-state index is 5.62. The summed E-state index contributed by atoms with van der Waals surface area (Å²) < 4.78 is 5.16. The van der Waals surface area contributed by atoms with Gasteiger partial charge in [0.1, 0.15) is 12.1 Å². The summed E-state index contributed by atoms with van der Waals surface area (Å²) in [6, 6.07) is 12.1. The topological polar surface area (TPSA) is 64.3 Å². The molecule has 1 aromatic heterocycles. The lowest BCUT2D eigenvalue weighted by Gasteiger charge is -2.23. The molecule has 0 aliphatic heterocycles. The molecule has 0 atom stereocenters. The third-order valence-corrected chi connectivity index (χ3v) is 3.01. The standard InChI is InChI=1S/C15H20N4O/c1-20-15-10-14(17-12-18-15)19(9-5-8-16)11-13-6-3-2-4-7-13/h2-4,6-7,10,12H,5,8-9,11,16H2,1H3. The fourth-order valence-electron chi connectivity index (χ4n) is 1.98. The molecule has 0 fully saturated rings. The molecule has 0 amide bonds. The van der Waals surface area contributed by atoms with Crippen LogP contribution in [0.25, 0.3) is 0 Å². The number of hydrogen-bond donors (Lipinski definition) is 1. The van der Waals surface area contributed by atoms with Crippen LogP contribution >= 0.6 is 0 Å². The monoisotopic (exact) mass is 272 g/mol. The van der Waals surface area contributed by atoms with Crippen LogP contribution in [0.3, 0.4) is 0 Å². The van der Waals surface area contributed by atoms with Gasteiger partial charge in [-0.05, 0) is 18.5 Å². The second-order valence-corrected chi connectivity index (χ2v) is 4.47. The van der Waals surface area contributed by atoms with Crippen molar-refractivity contribution in [3.05, 3.63) is 48.3 Å². The number of hydrogen-bond acceptors (Lipinski definition) is 5. The van der Waals surface area contributed by atoms with Crippen LogP contribution in [0.1, 0.15) is 12.0 Å². The summed E-state index contributed by atoms with van der Waals surface area (Å²) >= 11 is 0. The van der Waals surface area contributed by atoms with E-state index in [0.717, 1.165) is 25.3 Å². The lowest BCUT2D eigenvalue weighted by molar-refractivity contribution is 0.396. The van der Waals surface area contributed by atoms with Crippen molar-refractivity contribution in [1.82, 2.24) is 9.97 Å². The highest BCUT2D eigenvalue weighted by atomic mass is 16.5. The molecule has 5 nitrogen and oxygen atoms in total. The first-order valence-corrected chi connectivity index (χ1v) is 6.68. The quantitative estimate of drug-likeness (QED) is 0.833. The lowest BCUT2D eigenvalue weighted by atomic mass is 10.2. The molecule has 2 aromatic rings. The van der Waals surface area contributed by atoms with E-state index in [9.17, 15) is 0 Å². The number of benzene rings is 1. The van der Waals surface area contributed by atoms with Gasteiger partial charge in [0.25, 0.3) is 0 Å². The Bertz CT molecular complexity index is 518. The van der Waals surface area contributed by atoms with Gasteiger partial charge in [0.05, 0.1) is 7.11 Å². The number of ether oxygens (including phenoxy) is 1. The fourth-order valence-corrected chi connectivity index (χ4v) is 1.98. The largest absolute Gasteiger partial charge is 0.481 e. The Hall–Kier alpha value is -2.14. The molecule has 0 bridgehead atoms. The Morgan fingerprint density at radius 1 is 1.20 bits per heavy atom. The number of anilines is 1. The van der Waals surface area contributed by atoms with Crippen molar-refractivity contribution in [3.8, 4) is 5.88 Å². The summed E-state index contributed by atoms with van der Waals surface area (Å²) in [5, 5.41) is 0. The van der Waals surface area contributed by atoms with Crippen LogP contribution in [0.5, 0.6) is 5.88 Å². The van der Waals surface area contributed by atoms with Crippen LogP contribution in [-0.4, -0.2) is 30.2 Å².